The fourth-order valence-electron chi connectivity index (χ4n) is 2.36. The molecule has 1 N–H and O–H groups in total. The highest BCUT2D eigenvalue weighted by molar-refractivity contribution is 7.13. The third-order valence-electron chi connectivity index (χ3n) is 3.50. The first-order chi connectivity index (χ1) is 8.87. The lowest BCUT2D eigenvalue weighted by Crippen LogP contribution is -2.33. The molecule has 3 nitrogen and oxygen atoms in total. The smallest absolute Gasteiger partial charge is 0.263 e. The van der Waals surface area contributed by atoms with Crippen LogP contribution >= 0.6 is 11.3 Å². The topological polar surface area (TPSA) is 42.0 Å². The molecule has 0 aromatic carbocycles. The Morgan fingerprint density at radius 3 is 2.58 bits per heavy atom. The van der Waals surface area contributed by atoms with Crippen molar-refractivity contribution in [2.75, 3.05) is 6.54 Å². The Morgan fingerprint density at radius 1 is 1.42 bits per heavy atom. The molecular weight excluding hydrogens is 270 g/mol. The number of aromatic nitrogens is 1. The highest BCUT2D eigenvalue weighted by Gasteiger charge is 2.34. The number of hydrogen-bond acceptors (Lipinski definition) is 3. The van der Waals surface area contributed by atoms with Gasteiger partial charge in [0.05, 0.1) is 10.7 Å². The monoisotopic (exact) mass is 288 g/mol. The molecule has 6 heteroatoms. The van der Waals surface area contributed by atoms with E-state index in [0.717, 1.165) is 10.7 Å². The zero-order chi connectivity index (χ0) is 14.0. The molecule has 1 heterocycles. The largest absolute Gasteiger partial charge is 0.351 e. The van der Waals surface area contributed by atoms with E-state index >= 15 is 0 Å². The number of nitrogens with one attached hydrogen (secondary N) is 1. The van der Waals surface area contributed by atoms with Crippen LogP contribution in [0.1, 0.15) is 46.1 Å². The molecule has 2 rings (SSSR count). The Hall–Kier alpha value is -1.04. The summed E-state index contributed by atoms with van der Waals surface area (Å²) in [5, 5.41) is 3.70. The fourth-order valence-corrected chi connectivity index (χ4v) is 3.20. The molecule has 1 amide bonds. The molecule has 106 valence electrons. The first-order valence-electron chi connectivity index (χ1n) is 6.47. The molecule has 19 heavy (non-hydrogen) atoms. The van der Waals surface area contributed by atoms with Crippen LogP contribution in [0.25, 0.3) is 0 Å². The summed E-state index contributed by atoms with van der Waals surface area (Å²) in [6.45, 7) is 4.14. The number of rotatable bonds is 3. The normalized spacial score (nSPS) is 19.4. The highest BCUT2D eigenvalue weighted by Crippen LogP contribution is 2.35. The van der Waals surface area contributed by atoms with Crippen molar-refractivity contribution in [3.05, 3.63) is 15.6 Å². The van der Waals surface area contributed by atoms with E-state index in [1.807, 2.05) is 6.92 Å². The number of carbonyl (C=O) groups is 1. The van der Waals surface area contributed by atoms with Gasteiger partial charge in [-0.25, -0.2) is 13.8 Å². The third kappa shape index (κ3) is 3.72. The lowest BCUT2D eigenvalue weighted by molar-refractivity contribution is -0.0452. The minimum absolute atomic E-state index is 0.0633. The second-order valence-electron chi connectivity index (χ2n) is 5.16. The maximum Gasteiger partial charge on any atom is 0.263 e. The van der Waals surface area contributed by atoms with Crippen molar-refractivity contribution >= 4 is 17.2 Å². The van der Waals surface area contributed by atoms with Gasteiger partial charge in [0.1, 0.15) is 4.88 Å². The van der Waals surface area contributed by atoms with Crippen LogP contribution in [0.2, 0.25) is 0 Å². The number of nitrogens with zero attached hydrogens (tertiary/aromatic N) is 1. The van der Waals surface area contributed by atoms with E-state index in [1.54, 1.807) is 6.92 Å². The van der Waals surface area contributed by atoms with Crippen molar-refractivity contribution < 1.29 is 13.6 Å². The molecule has 0 unspecified atom stereocenters. The summed E-state index contributed by atoms with van der Waals surface area (Å²) in [4.78, 5) is 16.8. The van der Waals surface area contributed by atoms with Gasteiger partial charge in [-0.1, -0.05) is 0 Å². The summed E-state index contributed by atoms with van der Waals surface area (Å²) in [7, 11) is 0. The van der Waals surface area contributed by atoms with E-state index in [4.69, 9.17) is 0 Å². The highest BCUT2D eigenvalue weighted by atomic mass is 32.1. The van der Waals surface area contributed by atoms with E-state index in [2.05, 4.69) is 10.3 Å². The Labute approximate surface area is 115 Å². The molecule has 1 saturated carbocycles. The Bertz CT molecular complexity index is 463. The van der Waals surface area contributed by atoms with Gasteiger partial charge in [0.25, 0.3) is 5.91 Å². The second-order valence-corrected chi connectivity index (χ2v) is 6.36. The van der Waals surface area contributed by atoms with Gasteiger partial charge in [-0.05, 0) is 32.6 Å². The number of halogens is 2. The van der Waals surface area contributed by atoms with Crippen molar-refractivity contribution in [2.24, 2.45) is 5.92 Å². The molecule has 1 aromatic rings. The predicted octanol–water partition coefficient (Wildman–Crippen LogP) is 3.32. The van der Waals surface area contributed by atoms with E-state index in [-0.39, 0.29) is 24.7 Å². The van der Waals surface area contributed by atoms with Crippen molar-refractivity contribution in [1.82, 2.24) is 10.3 Å². The van der Waals surface area contributed by atoms with Crippen LogP contribution in [-0.4, -0.2) is 23.4 Å². The molecule has 0 aliphatic heterocycles. The SMILES string of the molecule is Cc1nc(C)c(C(=O)NCC2CCC(F)(F)CC2)s1. The quantitative estimate of drug-likeness (QED) is 0.927. The molecule has 1 aliphatic carbocycles. The molecule has 1 aromatic heterocycles. The molecular formula is C13H18F2N2OS. The summed E-state index contributed by atoms with van der Waals surface area (Å²) >= 11 is 1.37. The van der Waals surface area contributed by atoms with Crippen LogP contribution in [0.3, 0.4) is 0 Å². The van der Waals surface area contributed by atoms with Crippen LogP contribution in [-0.2, 0) is 0 Å². The summed E-state index contributed by atoms with van der Waals surface area (Å²) in [6, 6.07) is 0. The van der Waals surface area contributed by atoms with E-state index < -0.39 is 5.92 Å². The zero-order valence-corrected chi connectivity index (χ0v) is 11.9. The van der Waals surface area contributed by atoms with Crippen LogP contribution in [0.5, 0.6) is 0 Å². The second kappa shape index (κ2) is 5.53. The van der Waals surface area contributed by atoms with Crippen LogP contribution in [0, 0.1) is 19.8 Å². The maximum atomic E-state index is 13.0. The van der Waals surface area contributed by atoms with Crippen LogP contribution in [0.4, 0.5) is 8.78 Å². The molecule has 0 spiro atoms. The minimum atomic E-state index is -2.51. The molecule has 0 saturated heterocycles. The van der Waals surface area contributed by atoms with Gasteiger partial charge in [-0.2, -0.15) is 0 Å². The number of carbonyl (C=O) groups excluding carboxylic acids is 1. The Balaban J connectivity index is 1.83. The minimum Gasteiger partial charge on any atom is -0.351 e. The van der Waals surface area contributed by atoms with Crippen LogP contribution < -0.4 is 5.32 Å². The van der Waals surface area contributed by atoms with Gasteiger partial charge in [0, 0.05) is 19.4 Å². The lowest BCUT2D eigenvalue weighted by atomic mass is 9.87. The average Bonchev–Trinajstić information content (AvgIpc) is 2.67. The first kappa shape index (κ1) is 14.4. The Kier molecular flexibility index (Phi) is 4.18. The van der Waals surface area contributed by atoms with E-state index in [0.29, 0.717) is 24.3 Å². The van der Waals surface area contributed by atoms with E-state index in [1.165, 1.54) is 11.3 Å². The van der Waals surface area contributed by atoms with Crippen molar-refractivity contribution in [3.8, 4) is 0 Å². The van der Waals surface area contributed by atoms with Crippen molar-refractivity contribution in [2.45, 2.75) is 45.5 Å². The summed E-state index contributed by atoms with van der Waals surface area (Å²) in [5.74, 6) is -2.48. The molecule has 1 aliphatic rings. The van der Waals surface area contributed by atoms with Gasteiger partial charge in [-0.15, -0.1) is 11.3 Å². The molecule has 1 fully saturated rings. The Morgan fingerprint density at radius 2 is 2.05 bits per heavy atom. The number of amides is 1. The van der Waals surface area contributed by atoms with Gasteiger partial charge < -0.3 is 5.32 Å². The zero-order valence-electron chi connectivity index (χ0n) is 11.1. The standard InChI is InChI=1S/C13H18F2N2OS/c1-8-11(19-9(2)17-8)12(18)16-7-10-3-5-13(14,15)6-4-10/h10H,3-7H2,1-2H3,(H,16,18). The van der Waals surface area contributed by atoms with E-state index in [9.17, 15) is 13.6 Å². The number of hydrogen-bond donors (Lipinski definition) is 1. The number of aryl methyl sites for hydroxylation is 2. The van der Waals surface area contributed by atoms with Gasteiger partial charge in [-0.3, -0.25) is 4.79 Å². The van der Waals surface area contributed by atoms with Gasteiger partial charge in [0.2, 0.25) is 5.92 Å². The molecule has 0 radical (unpaired) electrons. The number of alkyl halides is 2. The summed E-state index contributed by atoms with van der Waals surface area (Å²) in [6.07, 6.45) is 0.834. The maximum absolute atomic E-state index is 13.0. The third-order valence-corrected chi connectivity index (χ3v) is 4.57. The van der Waals surface area contributed by atoms with Gasteiger partial charge >= 0.3 is 0 Å². The summed E-state index contributed by atoms with van der Waals surface area (Å²) < 4.78 is 26.0. The van der Waals surface area contributed by atoms with Gasteiger partial charge in [0.15, 0.2) is 0 Å². The van der Waals surface area contributed by atoms with Crippen molar-refractivity contribution in [3.63, 3.8) is 0 Å². The predicted molar refractivity (Wildman–Crippen MR) is 70.8 cm³/mol. The van der Waals surface area contributed by atoms with Crippen molar-refractivity contribution in [1.29, 1.82) is 0 Å². The molecule has 0 atom stereocenters. The lowest BCUT2D eigenvalue weighted by Gasteiger charge is -2.28. The fraction of sp³-hybridized carbons (Fsp3) is 0.692. The number of thiazole rings is 1. The average molecular weight is 288 g/mol. The van der Waals surface area contributed by atoms with Crippen LogP contribution in [0.15, 0.2) is 0 Å². The summed E-state index contributed by atoms with van der Waals surface area (Å²) in [5.41, 5.74) is 0.732. The first-order valence-corrected chi connectivity index (χ1v) is 7.29. The molecule has 0 bridgehead atoms.